The van der Waals surface area contributed by atoms with Crippen molar-refractivity contribution in [1.29, 1.82) is 0 Å². The quantitative estimate of drug-likeness (QED) is 0.905. The van der Waals surface area contributed by atoms with E-state index in [9.17, 15) is 23.1 Å². The van der Waals surface area contributed by atoms with E-state index in [2.05, 4.69) is 5.32 Å². The van der Waals surface area contributed by atoms with Gasteiger partial charge in [-0.1, -0.05) is 17.7 Å². The van der Waals surface area contributed by atoms with E-state index >= 15 is 0 Å². The molecule has 2 aromatic carbocycles. The van der Waals surface area contributed by atoms with Crippen LogP contribution in [0.2, 0.25) is 5.02 Å². The maximum atomic E-state index is 13.4. The Morgan fingerprint density at radius 1 is 1.14 bits per heavy atom. The fraction of sp³-hybridized carbons (Fsp3) is 0.133. The predicted octanol–water partition coefficient (Wildman–Crippen LogP) is 3.22. The lowest BCUT2D eigenvalue weighted by molar-refractivity contribution is 0.0912. The van der Waals surface area contributed by atoms with Crippen LogP contribution in [0.1, 0.15) is 22.0 Å². The van der Waals surface area contributed by atoms with Gasteiger partial charge in [-0.2, -0.15) is 0 Å². The number of amides is 1. The summed E-state index contributed by atoms with van der Waals surface area (Å²) in [5, 5.41) is 12.1. The molecule has 2 aromatic rings. The van der Waals surface area contributed by atoms with E-state index in [4.69, 9.17) is 11.6 Å². The lowest BCUT2D eigenvalue weighted by Gasteiger charge is -2.13. The largest absolute Gasteiger partial charge is 0.387 e. The summed E-state index contributed by atoms with van der Waals surface area (Å²) in [6.07, 6.45) is -1.20. The van der Waals surface area contributed by atoms with Gasteiger partial charge in [-0.25, -0.2) is 13.2 Å². The van der Waals surface area contributed by atoms with Crippen LogP contribution in [-0.4, -0.2) is 17.6 Å². The number of hydrogen-bond donors (Lipinski definition) is 2. The van der Waals surface area contributed by atoms with E-state index in [1.807, 2.05) is 0 Å². The highest BCUT2D eigenvalue weighted by Crippen LogP contribution is 2.20. The third kappa shape index (κ3) is 3.78. The van der Waals surface area contributed by atoms with Crippen molar-refractivity contribution in [2.45, 2.75) is 6.10 Å². The lowest BCUT2D eigenvalue weighted by Crippen LogP contribution is -2.29. The van der Waals surface area contributed by atoms with Gasteiger partial charge >= 0.3 is 0 Å². The summed E-state index contributed by atoms with van der Waals surface area (Å²) >= 11 is 5.52. The Morgan fingerprint density at radius 2 is 1.86 bits per heavy atom. The molecular formula is C15H11ClF3NO2. The summed E-state index contributed by atoms with van der Waals surface area (Å²) < 4.78 is 39.5. The van der Waals surface area contributed by atoms with Gasteiger partial charge in [-0.05, 0) is 29.8 Å². The molecule has 7 heteroatoms. The van der Waals surface area contributed by atoms with Crippen molar-refractivity contribution < 1.29 is 23.1 Å². The first kappa shape index (κ1) is 16.3. The number of aliphatic hydroxyl groups excluding tert-OH is 1. The van der Waals surface area contributed by atoms with Gasteiger partial charge in [0.2, 0.25) is 0 Å². The zero-order valence-corrected chi connectivity index (χ0v) is 11.9. The number of carbonyl (C=O) groups is 1. The van der Waals surface area contributed by atoms with Crippen molar-refractivity contribution in [2.24, 2.45) is 0 Å². The molecule has 0 heterocycles. The standard InChI is InChI=1S/C15H11ClF3NO2/c16-11-4-1-8(5-13(11)19)14(21)7-20-15(22)10-3-2-9(17)6-12(10)18/h1-6,14,21H,7H2,(H,20,22). The Bertz CT molecular complexity index is 709. The van der Waals surface area contributed by atoms with Crippen molar-refractivity contribution >= 4 is 17.5 Å². The summed E-state index contributed by atoms with van der Waals surface area (Å²) in [5.41, 5.74) is -0.141. The summed E-state index contributed by atoms with van der Waals surface area (Å²) in [6.45, 7) is -0.267. The van der Waals surface area contributed by atoms with Crippen LogP contribution in [0.25, 0.3) is 0 Å². The summed E-state index contributed by atoms with van der Waals surface area (Å²) in [5.74, 6) is -3.32. The maximum Gasteiger partial charge on any atom is 0.254 e. The predicted molar refractivity (Wildman–Crippen MR) is 75.1 cm³/mol. The molecule has 0 aliphatic rings. The molecule has 116 valence electrons. The number of nitrogens with one attached hydrogen (secondary N) is 1. The normalized spacial score (nSPS) is 12.0. The highest BCUT2D eigenvalue weighted by Gasteiger charge is 2.15. The second kappa shape index (κ2) is 6.81. The Morgan fingerprint density at radius 3 is 2.50 bits per heavy atom. The van der Waals surface area contributed by atoms with Crippen LogP contribution in [0, 0.1) is 17.5 Å². The third-order valence-electron chi connectivity index (χ3n) is 2.96. The molecule has 0 aromatic heterocycles. The molecule has 22 heavy (non-hydrogen) atoms. The molecule has 2 rings (SSSR count). The first-order valence-electron chi connectivity index (χ1n) is 6.24. The van der Waals surface area contributed by atoms with Gasteiger partial charge < -0.3 is 10.4 Å². The molecule has 0 spiro atoms. The van der Waals surface area contributed by atoms with Crippen LogP contribution in [0.4, 0.5) is 13.2 Å². The van der Waals surface area contributed by atoms with Crippen molar-refractivity contribution in [3.05, 3.63) is 70.0 Å². The molecule has 0 fully saturated rings. The third-order valence-corrected chi connectivity index (χ3v) is 3.27. The van der Waals surface area contributed by atoms with E-state index in [1.54, 1.807) is 0 Å². The minimum Gasteiger partial charge on any atom is -0.387 e. The summed E-state index contributed by atoms with van der Waals surface area (Å²) in [6, 6.07) is 6.24. The lowest BCUT2D eigenvalue weighted by atomic mass is 10.1. The molecule has 1 atom stereocenters. The molecule has 1 amide bonds. The molecule has 3 nitrogen and oxygen atoms in total. The molecule has 2 N–H and O–H groups in total. The zero-order valence-electron chi connectivity index (χ0n) is 11.1. The molecular weight excluding hydrogens is 319 g/mol. The second-order valence-corrected chi connectivity index (χ2v) is 4.93. The minimum atomic E-state index is -1.20. The van der Waals surface area contributed by atoms with E-state index in [-0.39, 0.29) is 22.7 Å². The van der Waals surface area contributed by atoms with Gasteiger partial charge in [-0.15, -0.1) is 0 Å². The van der Waals surface area contributed by atoms with Crippen molar-refractivity contribution in [2.75, 3.05) is 6.54 Å². The average molecular weight is 330 g/mol. The van der Waals surface area contributed by atoms with Gasteiger partial charge in [0.25, 0.3) is 5.91 Å². The first-order valence-corrected chi connectivity index (χ1v) is 6.62. The van der Waals surface area contributed by atoms with Crippen LogP contribution in [-0.2, 0) is 0 Å². The Hall–Kier alpha value is -2.05. The molecule has 0 saturated heterocycles. The SMILES string of the molecule is O=C(NCC(O)c1ccc(Cl)c(F)c1)c1ccc(F)cc1F. The van der Waals surface area contributed by atoms with E-state index < -0.39 is 29.5 Å². The fourth-order valence-electron chi connectivity index (χ4n) is 1.80. The van der Waals surface area contributed by atoms with Gasteiger partial charge in [0.05, 0.1) is 16.7 Å². The van der Waals surface area contributed by atoms with Crippen LogP contribution < -0.4 is 5.32 Å². The Kier molecular flexibility index (Phi) is 5.05. The topological polar surface area (TPSA) is 49.3 Å². The molecule has 0 bridgehead atoms. The molecule has 1 unspecified atom stereocenters. The van der Waals surface area contributed by atoms with Crippen molar-refractivity contribution in [3.8, 4) is 0 Å². The number of aliphatic hydroxyl groups is 1. The van der Waals surface area contributed by atoms with Crippen LogP contribution >= 0.6 is 11.6 Å². The molecule has 0 saturated carbocycles. The number of rotatable bonds is 4. The van der Waals surface area contributed by atoms with E-state index in [0.29, 0.717) is 6.07 Å². The molecule has 0 radical (unpaired) electrons. The monoisotopic (exact) mass is 329 g/mol. The smallest absolute Gasteiger partial charge is 0.254 e. The second-order valence-electron chi connectivity index (χ2n) is 4.52. The first-order chi connectivity index (χ1) is 10.4. The highest BCUT2D eigenvalue weighted by atomic mass is 35.5. The number of halogens is 4. The highest BCUT2D eigenvalue weighted by molar-refractivity contribution is 6.30. The zero-order chi connectivity index (χ0) is 16.3. The van der Waals surface area contributed by atoms with Crippen molar-refractivity contribution in [1.82, 2.24) is 5.32 Å². The number of carbonyl (C=O) groups excluding carboxylic acids is 1. The summed E-state index contributed by atoms with van der Waals surface area (Å²) in [4.78, 5) is 11.8. The maximum absolute atomic E-state index is 13.4. The minimum absolute atomic E-state index is 0.0895. The molecule has 0 aliphatic carbocycles. The van der Waals surface area contributed by atoms with Gasteiger partial charge in [0, 0.05) is 12.6 Å². The Balaban J connectivity index is 2.02. The van der Waals surface area contributed by atoms with E-state index in [0.717, 1.165) is 18.2 Å². The van der Waals surface area contributed by atoms with Gasteiger partial charge in [-0.3, -0.25) is 4.79 Å². The Labute approximate surface area is 129 Å². The number of benzene rings is 2. The molecule has 0 aliphatic heterocycles. The van der Waals surface area contributed by atoms with Crippen LogP contribution in [0.5, 0.6) is 0 Å². The van der Waals surface area contributed by atoms with Crippen LogP contribution in [0.15, 0.2) is 36.4 Å². The van der Waals surface area contributed by atoms with E-state index in [1.165, 1.54) is 12.1 Å². The number of hydrogen-bond acceptors (Lipinski definition) is 2. The van der Waals surface area contributed by atoms with Crippen LogP contribution in [0.3, 0.4) is 0 Å². The average Bonchev–Trinajstić information content (AvgIpc) is 2.47. The fourth-order valence-corrected chi connectivity index (χ4v) is 1.91. The van der Waals surface area contributed by atoms with Crippen molar-refractivity contribution in [3.63, 3.8) is 0 Å². The van der Waals surface area contributed by atoms with Gasteiger partial charge in [0.15, 0.2) is 0 Å². The van der Waals surface area contributed by atoms with Gasteiger partial charge in [0.1, 0.15) is 17.5 Å². The summed E-state index contributed by atoms with van der Waals surface area (Å²) in [7, 11) is 0.